The average molecular weight is 1340 g/mol. The number of nitrogens with two attached hydrogens (primary N) is 1. The normalized spacial score (nSPS) is 36.4. The van der Waals surface area contributed by atoms with Gasteiger partial charge in [-0.2, -0.15) is 0 Å². The first-order valence-corrected chi connectivity index (χ1v) is 33.7. The lowest BCUT2D eigenvalue weighted by atomic mass is 9.46. The van der Waals surface area contributed by atoms with Crippen LogP contribution < -0.4 is 11.1 Å². The number of aliphatic hydroxyl groups is 4. The summed E-state index contributed by atoms with van der Waals surface area (Å²) in [6, 6.07) is 30.9. The van der Waals surface area contributed by atoms with Crippen LogP contribution in [0, 0.1) is 57.2 Å². The number of allylic oxidation sites excluding steroid dienone is 8. The third kappa shape index (κ3) is 11.6. The van der Waals surface area contributed by atoms with Gasteiger partial charge in [-0.3, -0.25) is 24.0 Å². The van der Waals surface area contributed by atoms with Gasteiger partial charge in [0.25, 0.3) is 0 Å². The van der Waals surface area contributed by atoms with Crippen LogP contribution in [0.4, 0.5) is 11.4 Å². The Morgan fingerprint density at radius 3 is 1.45 bits per heavy atom. The summed E-state index contributed by atoms with van der Waals surface area (Å²) in [5.74, 6) is -3.60. The molecule has 8 aliphatic carbocycles. The molecule has 0 spiro atoms. The maximum Gasteiger partial charge on any atom is 0.338 e. The Morgan fingerprint density at radius 2 is 1.03 bits per heavy atom. The second kappa shape index (κ2) is 26.0. The van der Waals surface area contributed by atoms with Crippen LogP contribution in [0.5, 0.6) is 0 Å². The highest BCUT2D eigenvalue weighted by molar-refractivity contribution is 6.05. The van der Waals surface area contributed by atoms with E-state index in [4.69, 9.17) is 29.8 Å². The molecule has 1 amide bonds. The highest BCUT2D eigenvalue weighted by Crippen LogP contribution is 2.72. The highest BCUT2D eigenvalue weighted by atomic mass is 16.8. The summed E-state index contributed by atoms with van der Waals surface area (Å²) in [5, 5.41) is 55.5. The molecule has 0 bridgehead atoms. The van der Waals surface area contributed by atoms with Gasteiger partial charge in [-0.15, -0.1) is 0 Å². The fourth-order valence-electron chi connectivity index (χ4n) is 19.8. The van der Waals surface area contributed by atoms with Gasteiger partial charge in [-0.25, -0.2) is 14.4 Å². The number of ether oxygens (including phenoxy) is 5. The van der Waals surface area contributed by atoms with Crippen LogP contribution in [0.25, 0.3) is 0 Å². The van der Waals surface area contributed by atoms with E-state index < -0.39 is 113 Å². The van der Waals surface area contributed by atoms with Crippen molar-refractivity contribution in [1.29, 1.82) is 0 Å². The van der Waals surface area contributed by atoms with Crippen molar-refractivity contribution in [2.24, 2.45) is 57.2 Å². The number of esters is 2. The lowest BCUT2D eigenvalue weighted by Crippen LogP contribution is -2.63. The number of rotatable bonds is 13. The molecule has 0 unspecified atom stereocenters. The number of hydrogen-bond acceptors (Lipinski definition) is 18. The number of aliphatic hydroxyl groups excluding tert-OH is 4. The van der Waals surface area contributed by atoms with Gasteiger partial charge in [0.05, 0.1) is 24.4 Å². The molecule has 8 N–H and O–H groups in total. The van der Waals surface area contributed by atoms with Gasteiger partial charge in [-0.1, -0.05) is 124 Å². The number of nitrogens with one attached hydrogen (secondary N) is 1. The van der Waals surface area contributed by atoms with Crippen LogP contribution in [-0.2, 0) is 74.9 Å². The van der Waals surface area contributed by atoms with E-state index in [0.29, 0.717) is 37.8 Å². The third-order valence-corrected chi connectivity index (χ3v) is 24.0. The van der Waals surface area contributed by atoms with Crippen molar-refractivity contribution in [3.63, 3.8) is 0 Å². The molecule has 4 aromatic carbocycles. The molecule has 3 aliphatic heterocycles. The predicted octanol–water partition coefficient (Wildman–Crippen LogP) is 8.55. The van der Waals surface area contributed by atoms with Crippen LogP contribution in [0.2, 0.25) is 0 Å². The third-order valence-electron chi connectivity index (χ3n) is 24.0. The largest absolute Gasteiger partial charge is 0.478 e. The lowest BCUT2D eigenvalue weighted by Gasteiger charge is -2.59. The van der Waals surface area contributed by atoms with Gasteiger partial charge in [0.1, 0.15) is 13.2 Å². The quantitative estimate of drug-likeness (QED) is 0.0285. The number of anilines is 2. The fourth-order valence-corrected chi connectivity index (χ4v) is 19.8. The molecular weight excluding hydrogens is 1250 g/mol. The van der Waals surface area contributed by atoms with E-state index in [1.54, 1.807) is 30.4 Å². The molecule has 20 nitrogen and oxygen atoms in total. The topological polar surface area (TPSA) is 322 Å². The van der Waals surface area contributed by atoms with Crippen molar-refractivity contribution in [3.8, 4) is 0 Å². The molecular formula is C78H82N2O18. The molecule has 15 rings (SSSR count). The van der Waals surface area contributed by atoms with Crippen molar-refractivity contribution < 1.29 is 87.6 Å². The van der Waals surface area contributed by atoms with Crippen molar-refractivity contribution in [3.05, 3.63) is 202 Å². The van der Waals surface area contributed by atoms with Crippen LogP contribution >= 0.6 is 0 Å². The van der Waals surface area contributed by atoms with E-state index in [2.05, 4.69) is 30.8 Å². The molecule has 4 aromatic rings. The molecule has 6 saturated carbocycles. The number of carbonyl (C=O) groups excluding carboxylic acids is 7. The molecule has 20 heteroatoms. The first-order chi connectivity index (χ1) is 46.7. The SMILES string of the molecule is C[C@]12C=CC(=O)C=C1CC[C@@H]1[C@@H]2[C@@H](O)C[C@@]2(C)[C@H]1C[C@H]1O[C@@H](c3ccc(Cc4cccc(N)c4)cc3)O[C@]12C(=O)CO.C[C@]12C=CC(=O)C=C1CC[C@@H]1[C@@H]2[C@@H](O)C[C@@]2(C)[C@H]1C[C@H]1O[C@@H](c3ccc(Cc4cccc(NC(=O)/C=C\C(=O)O)c4)cc3)O[C@]12C(=O)CO.O=C1C=CC(=O)O1. The molecule has 11 aliphatic rings. The van der Waals surface area contributed by atoms with E-state index >= 15 is 0 Å². The number of Topliss-reactive ketones (excluding diaryl/α,β-unsaturated/α-hetero) is 2. The Balaban J connectivity index is 0.000000162. The Labute approximate surface area is 567 Å². The maximum atomic E-state index is 13.8. The number of cyclic esters (lactones) is 2. The minimum atomic E-state index is -1.42. The van der Waals surface area contributed by atoms with Crippen LogP contribution in [0.3, 0.4) is 0 Å². The van der Waals surface area contributed by atoms with E-state index in [9.17, 15) is 58.8 Å². The number of ketones is 4. The minimum absolute atomic E-state index is 0.00425. The molecule has 0 aromatic heterocycles. The van der Waals surface area contributed by atoms with E-state index in [1.165, 1.54) is 0 Å². The first kappa shape index (κ1) is 68.1. The zero-order valence-electron chi connectivity index (χ0n) is 55.0. The van der Waals surface area contributed by atoms with Gasteiger partial charge in [0.15, 0.2) is 46.9 Å². The summed E-state index contributed by atoms with van der Waals surface area (Å²) >= 11 is 0. The molecule has 18 atom stereocenters. The van der Waals surface area contributed by atoms with E-state index in [-0.39, 0.29) is 52.9 Å². The van der Waals surface area contributed by atoms with Gasteiger partial charge in [-0.05, 0) is 159 Å². The zero-order chi connectivity index (χ0) is 69.4. The van der Waals surface area contributed by atoms with E-state index in [0.717, 1.165) is 107 Å². The second-order valence-electron chi connectivity index (χ2n) is 29.2. The molecule has 512 valence electrons. The zero-order valence-corrected chi connectivity index (χ0v) is 55.0. The summed E-state index contributed by atoms with van der Waals surface area (Å²) in [6.45, 7) is 6.98. The fraction of sp³-hybridized carbons (Fsp3) is 0.436. The summed E-state index contributed by atoms with van der Waals surface area (Å²) in [5.41, 5.74) is 10.00. The van der Waals surface area contributed by atoms with Gasteiger partial charge >= 0.3 is 17.9 Å². The highest BCUT2D eigenvalue weighted by Gasteiger charge is 2.78. The monoisotopic (exact) mass is 1330 g/mol. The summed E-state index contributed by atoms with van der Waals surface area (Å²) in [7, 11) is 0. The van der Waals surface area contributed by atoms with Crippen LogP contribution in [0.15, 0.2) is 169 Å². The standard InChI is InChI=1S/C39H41NO9.C35H39NO6.C4H2O3/c1-37-15-14-27(42)18-25(37)10-11-28-29-19-32-39(31(44)21-41,38(29,2)20-30(43)35(28)37)49-36(48-32)24-8-6-22(7-9-24)16-23-4-3-5-26(17-23)40-33(45)12-13-34(46)47;1-33-13-12-25(38)16-23(33)10-11-26-27-17-30-35(29(40)19-37,34(27,2)18-28(39)31(26)33)42-32(41-30)22-8-6-20(7-9-22)14-21-4-3-5-24(36)15-21;5-3-1-2-4(6)7-3/h3-9,12-15,17-18,28-30,32,35-36,41,43H,10-11,16,19-21H2,1-2H3,(H,40,45)(H,46,47);3-9,12-13,15-16,26-28,30-32,37,39H,10-11,14,17-19,36H2,1-2H3;1-2H/b13-12-;;/t28-,29-,30-,32+,35+,36+,37-,38-,39+;26-,27-,28-,30+,31+,32+,33-,34-,35+;/m00./s1. The van der Waals surface area contributed by atoms with Gasteiger partial charge < -0.3 is 60.3 Å². The van der Waals surface area contributed by atoms with Crippen molar-refractivity contribution in [2.45, 2.75) is 140 Å². The lowest BCUT2D eigenvalue weighted by molar-refractivity contribution is -0.201. The summed E-state index contributed by atoms with van der Waals surface area (Å²) in [6.07, 6.45) is 16.8. The van der Waals surface area contributed by atoms with Crippen molar-refractivity contribution >= 4 is 58.3 Å². The number of aliphatic carboxylic acids is 1. The molecule has 2 saturated heterocycles. The minimum Gasteiger partial charge on any atom is -0.478 e. The molecule has 98 heavy (non-hydrogen) atoms. The van der Waals surface area contributed by atoms with Crippen LogP contribution in [-0.4, -0.2) is 121 Å². The molecule has 0 radical (unpaired) electrons. The number of benzene rings is 4. The first-order valence-electron chi connectivity index (χ1n) is 33.7. The number of amides is 1. The number of nitrogen functional groups attached to an aromatic ring is 1. The number of carboxylic acids is 1. The molecule has 3 heterocycles. The number of carboxylic acid groups (broad SMARTS) is 1. The summed E-state index contributed by atoms with van der Waals surface area (Å²) in [4.78, 5) is 94.4. The molecule has 8 fully saturated rings. The van der Waals surface area contributed by atoms with Crippen LogP contribution in [0.1, 0.15) is 125 Å². The number of hydrogen-bond donors (Lipinski definition) is 7. The average Bonchev–Trinajstić information content (AvgIpc) is 1.45. The Bertz CT molecular complexity index is 4100. The van der Waals surface area contributed by atoms with Gasteiger partial charge in [0.2, 0.25) is 5.91 Å². The van der Waals surface area contributed by atoms with E-state index in [1.807, 2.05) is 110 Å². The smallest absolute Gasteiger partial charge is 0.338 e. The maximum absolute atomic E-state index is 13.8. The second-order valence-corrected chi connectivity index (χ2v) is 29.2. The Kier molecular flexibility index (Phi) is 18.1. The van der Waals surface area contributed by atoms with Gasteiger partial charge in [0, 0.05) is 80.3 Å². The number of fused-ring (bicyclic) bond motifs is 14. The number of carbonyl (C=O) groups is 8. The summed E-state index contributed by atoms with van der Waals surface area (Å²) < 4.78 is 30.5. The van der Waals surface area contributed by atoms with Crippen molar-refractivity contribution in [2.75, 3.05) is 24.3 Å². The Morgan fingerprint density at radius 1 is 0.582 bits per heavy atom. The predicted molar refractivity (Wildman–Crippen MR) is 355 cm³/mol. The Hall–Kier alpha value is -8.44. The van der Waals surface area contributed by atoms with Crippen molar-refractivity contribution in [1.82, 2.24) is 0 Å².